The normalized spacial score (nSPS) is 30.2. The van der Waals surface area contributed by atoms with Crippen molar-refractivity contribution in [2.24, 2.45) is 22.7 Å². The number of benzene rings is 3. The molecule has 4 aliphatic rings. The summed E-state index contributed by atoms with van der Waals surface area (Å²) in [7, 11) is -6.57. The number of esters is 2. The molecule has 1 N–H and O–H groups in total. The third-order valence-electron chi connectivity index (χ3n) is 13.3. The van der Waals surface area contributed by atoms with Crippen molar-refractivity contribution in [3.63, 3.8) is 0 Å². The second kappa shape index (κ2) is 17.8. The summed E-state index contributed by atoms with van der Waals surface area (Å²) in [6, 6.07) is 24.0. The number of hydrogen-bond acceptors (Lipinski definition) is 16. The van der Waals surface area contributed by atoms with Crippen molar-refractivity contribution in [1.29, 1.82) is 0 Å². The van der Waals surface area contributed by atoms with Gasteiger partial charge in [-0.15, -0.1) is 0 Å². The number of carbonyl (C=O) groups is 5. The predicted octanol–water partition coefficient (Wildman–Crippen LogP) is 6.88. The van der Waals surface area contributed by atoms with Crippen molar-refractivity contribution in [3.05, 3.63) is 119 Å². The topological polar surface area (TPSA) is 214 Å². The highest BCUT2D eigenvalue weighted by molar-refractivity contribution is 7.87. The van der Waals surface area contributed by atoms with Gasteiger partial charge in [0.2, 0.25) is 5.78 Å². The van der Waals surface area contributed by atoms with Crippen LogP contribution in [-0.4, -0.2) is 91.3 Å². The number of halogens is 3. The van der Waals surface area contributed by atoms with Crippen LogP contribution in [0.4, 0.5) is 22.8 Å². The number of alkyl halides is 3. The minimum atomic E-state index is -6.57. The monoisotopic (exact) mass is 944 g/mol. The van der Waals surface area contributed by atoms with E-state index in [1.807, 2.05) is 0 Å². The van der Waals surface area contributed by atoms with E-state index >= 15 is 4.79 Å². The fourth-order valence-electron chi connectivity index (χ4n) is 9.90. The largest absolute Gasteiger partial charge is 0.523 e. The van der Waals surface area contributed by atoms with Gasteiger partial charge in [-0.25, -0.2) is 14.4 Å². The van der Waals surface area contributed by atoms with Crippen LogP contribution in [0.1, 0.15) is 68.9 Å². The van der Waals surface area contributed by atoms with Crippen molar-refractivity contribution in [2.45, 2.75) is 102 Å². The molecule has 2 bridgehead atoms. The van der Waals surface area contributed by atoms with Crippen molar-refractivity contribution < 1.29 is 88.0 Å². The molecule has 3 aliphatic carbocycles. The molecule has 0 amide bonds. The Morgan fingerprint density at radius 3 is 1.89 bits per heavy atom. The fraction of sp³-hybridized carbons (Fsp3) is 0.457. The second-order valence-electron chi connectivity index (χ2n) is 17.4. The Morgan fingerprint density at radius 1 is 0.833 bits per heavy atom. The highest BCUT2D eigenvalue weighted by atomic mass is 32.2. The highest BCUT2D eigenvalue weighted by Crippen LogP contribution is 2.65. The van der Waals surface area contributed by atoms with Gasteiger partial charge in [-0.3, -0.25) is 13.8 Å². The number of fused-ring (bicyclic) bond motifs is 5. The zero-order chi connectivity index (χ0) is 48.0. The lowest BCUT2D eigenvalue weighted by Gasteiger charge is -2.67. The van der Waals surface area contributed by atoms with E-state index < -0.39 is 136 Å². The molecular formula is C46H47F3O16S. The zero-order valence-corrected chi connectivity index (χ0v) is 37.1. The molecule has 16 nitrogen and oxygen atoms in total. The van der Waals surface area contributed by atoms with Crippen LogP contribution in [0, 0.1) is 22.7 Å². The van der Waals surface area contributed by atoms with Crippen LogP contribution in [-0.2, 0) is 70.3 Å². The van der Waals surface area contributed by atoms with Crippen molar-refractivity contribution in [2.75, 3.05) is 6.61 Å². The summed E-state index contributed by atoms with van der Waals surface area (Å²) in [6.07, 6.45) is -12.0. The van der Waals surface area contributed by atoms with Crippen molar-refractivity contribution in [1.82, 2.24) is 0 Å². The van der Waals surface area contributed by atoms with Crippen LogP contribution in [0.25, 0.3) is 0 Å². The summed E-state index contributed by atoms with van der Waals surface area (Å²) >= 11 is 0. The Labute approximate surface area is 377 Å². The van der Waals surface area contributed by atoms with E-state index in [1.165, 1.54) is 45.0 Å². The van der Waals surface area contributed by atoms with Crippen molar-refractivity contribution >= 4 is 40.2 Å². The maximum Gasteiger partial charge on any atom is 0.523 e. The highest BCUT2D eigenvalue weighted by Gasteiger charge is 2.79. The Morgan fingerprint density at radius 2 is 1.38 bits per heavy atom. The van der Waals surface area contributed by atoms with Gasteiger partial charge in [0.1, 0.15) is 37.1 Å². The third-order valence-corrected chi connectivity index (χ3v) is 14.3. The number of rotatable bonds is 11. The van der Waals surface area contributed by atoms with Gasteiger partial charge in [-0.05, 0) is 35.8 Å². The molecule has 0 radical (unpaired) electrons. The minimum absolute atomic E-state index is 0.109. The Hall–Kier alpha value is -5.83. The van der Waals surface area contributed by atoms with Gasteiger partial charge >= 0.3 is 39.9 Å². The number of aliphatic hydroxyl groups is 1. The number of carbonyl (C=O) groups excluding carboxylic acids is 5. The summed E-state index contributed by atoms with van der Waals surface area (Å²) < 4.78 is 114. The lowest BCUT2D eigenvalue weighted by atomic mass is 9.45. The standard InChI is InChI=1S/C46H47F3O16S/c1-26-31(61-40(53)58-23-28-15-9-6-10-16-28)22-45(55)38(63-39(52)30-19-13-8-14-20-30)36-43(5,32(65-66(56,57)46(47,48)49)21-33-44(36,25-60-33)64-27(2)50)37(51)35(34(26)42(45,3)4)62-41(54)59-24-29-17-11-7-12-18-29/h6-20,26,31-33,36,38,55H,21-25H2,1-5H3/t26?,31?,32?,33?,36?,38?,43-,44?,45?/m1/s1. The van der Waals surface area contributed by atoms with E-state index in [1.54, 1.807) is 66.7 Å². The summed E-state index contributed by atoms with van der Waals surface area (Å²) in [5, 5.41) is 13.7. The number of hydrogen-bond donors (Lipinski definition) is 1. The van der Waals surface area contributed by atoms with Crippen molar-refractivity contribution in [3.8, 4) is 0 Å². The third kappa shape index (κ3) is 8.54. The van der Waals surface area contributed by atoms with Crippen LogP contribution in [0.5, 0.6) is 0 Å². The van der Waals surface area contributed by atoms with E-state index in [0.717, 1.165) is 13.8 Å². The van der Waals surface area contributed by atoms with Gasteiger partial charge in [0.25, 0.3) is 0 Å². The quantitative estimate of drug-likeness (QED) is 0.0898. The minimum Gasteiger partial charge on any atom is -0.455 e. The predicted molar refractivity (Wildman–Crippen MR) is 220 cm³/mol. The molecule has 1 aliphatic heterocycles. The van der Waals surface area contributed by atoms with Gasteiger partial charge < -0.3 is 38.3 Å². The lowest BCUT2D eigenvalue weighted by Crippen LogP contribution is -2.81. The number of Topliss-reactive ketones (excluding diaryl/α,β-unsaturated/α-hetero) is 1. The van der Waals surface area contributed by atoms with E-state index in [0.29, 0.717) is 11.1 Å². The van der Waals surface area contributed by atoms with Gasteiger partial charge in [-0.2, -0.15) is 21.6 Å². The van der Waals surface area contributed by atoms with Gasteiger partial charge in [0.05, 0.1) is 29.6 Å². The van der Waals surface area contributed by atoms with Crippen LogP contribution >= 0.6 is 0 Å². The molecule has 2 saturated carbocycles. The first kappa shape index (κ1) is 48.1. The first-order valence-electron chi connectivity index (χ1n) is 20.8. The molecule has 1 heterocycles. The molecule has 354 valence electrons. The molecule has 8 unspecified atom stereocenters. The molecule has 3 aromatic rings. The lowest BCUT2D eigenvalue weighted by molar-refractivity contribution is -0.343. The average molecular weight is 945 g/mol. The molecular weight excluding hydrogens is 898 g/mol. The number of allylic oxidation sites excluding steroid dienone is 1. The van der Waals surface area contributed by atoms with Crippen LogP contribution in [0.2, 0.25) is 0 Å². The Bertz CT molecular complexity index is 2500. The van der Waals surface area contributed by atoms with E-state index in [2.05, 4.69) is 0 Å². The first-order chi connectivity index (χ1) is 31.0. The fourth-order valence-corrected chi connectivity index (χ4v) is 10.6. The molecule has 9 atom stereocenters. The van der Waals surface area contributed by atoms with Crippen LogP contribution in [0.3, 0.4) is 0 Å². The van der Waals surface area contributed by atoms with Gasteiger partial charge in [0, 0.05) is 31.1 Å². The van der Waals surface area contributed by atoms with E-state index in [9.17, 15) is 45.9 Å². The molecule has 20 heteroatoms. The molecule has 3 aromatic carbocycles. The maximum absolute atomic E-state index is 16.0. The number of ether oxygens (including phenoxy) is 7. The summed E-state index contributed by atoms with van der Waals surface area (Å²) in [4.78, 5) is 70.8. The molecule has 0 spiro atoms. The summed E-state index contributed by atoms with van der Waals surface area (Å²) in [5.41, 5.74) is -15.0. The molecule has 0 aromatic heterocycles. The smallest absolute Gasteiger partial charge is 0.455 e. The average Bonchev–Trinajstić information content (AvgIpc) is 3.26. The molecule has 1 saturated heterocycles. The summed E-state index contributed by atoms with van der Waals surface area (Å²) in [6.45, 7) is 4.94. The first-order valence-corrected chi connectivity index (χ1v) is 22.2. The SMILES string of the molecule is CC(=O)OC12COC1CC(OS(=O)(=O)C(F)(F)F)[C@@]1(C)C(=O)C(OC(=O)OCc3ccccc3)=C3C(C)C(OC(=O)OCc4ccccc4)CC(O)(C(OC(=O)c4ccccc4)C21)C3(C)C. The Balaban J connectivity index is 1.48. The zero-order valence-electron chi connectivity index (χ0n) is 36.3. The Kier molecular flexibility index (Phi) is 12.9. The number of ketones is 1. The molecule has 66 heavy (non-hydrogen) atoms. The van der Waals surface area contributed by atoms with E-state index in [4.69, 9.17) is 37.3 Å². The summed E-state index contributed by atoms with van der Waals surface area (Å²) in [5.74, 6) is -7.85. The molecule has 3 fully saturated rings. The van der Waals surface area contributed by atoms with Gasteiger partial charge in [0.15, 0.2) is 11.4 Å². The van der Waals surface area contributed by atoms with Gasteiger partial charge in [-0.1, -0.05) is 99.6 Å². The van der Waals surface area contributed by atoms with Crippen LogP contribution < -0.4 is 0 Å². The second-order valence-corrected chi connectivity index (χ2v) is 19.0. The molecule has 7 rings (SSSR count). The van der Waals surface area contributed by atoms with Crippen LogP contribution in [0.15, 0.2) is 102 Å². The van der Waals surface area contributed by atoms with E-state index in [-0.39, 0.29) is 17.7 Å². The maximum atomic E-state index is 16.0.